The number of piperidine rings is 1. The summed E-state index contributed by atoms with van der Waals surface area (Å²) in [4.78, 5) is 2.30. The molecule has 4 nitrogen and oxygen atoms in total. The molecule has 1 aromatic carbocycles. The van der Waals surface area contributed by atoms with E-state index in [2.05, 4.69) is 23.1 Å². The minimum atomic E-state index is -0.170. The van der Waals surface area contributed by atoms with Gasteiger partial charge in [0.05, 0.1) is 12.7 Å². The fourth-order valence-electron chi connectivity index (χ4n) is 2.99. The van der Waals surface area contributed by atoms with E-state index >= 15 is 0 Å². The maximum absolute atomic E-state index is 9.70. The summed E-state index contributed by atoms with van der Waals surface area (Å²) in [6, 6.07) is 6.44. The van der Waals surface area contributed by atoms with Crippen molar-refractivity contribution in [2.45, 2.75) is 38.0 Å². The number of benzene rings is 1. The molecule has 3 rings (SSSR count). The zero-order valence-electron chi connectivity index (χ0n) is 11.2. The molecule has 0 spiro atoms. The number of aliphatic hydroxyl groups excluding tert-OH is 1. The Balaban J connectivity index is 1.71. The van der Waals surface area contributed by atoms with E-state index in [-0.39, 0.29) is 12.1 Å². The lowest BCUT2D eigenvalue weighted by Crippen LogP contribution is -2.37. The Kier molecular flexibility index (Phi) is 3.73. The first-order valence-electron chi connectivity index (χ1n) is 7.14. The molecule has 0 saturated carbocycles. The molecule has 2 atom stereocenters. The number of β-amino-alcohol motifs (C(OH)–C–C–N with tert-alkyl or cyclic N) is 1. The molecule has 104 valence electrons. The van der Waals surface area contributed by atoms with Gasteiger partial charge in [0.15, 0.2) is 0 Å². The van der Waals surface area contributed by atoms with E-state index in [1.165, 1.54) is 5.56 Å². The number of ether oxygens (including phenoxy) is 1. The summed E-state index contributed by atoms with van der Waals surface area (Å²) in [6.45, 7) is 3.43. The number of nitrogens with zero attached hydrogens (tertiary/aromatic N) is 1. The molecule has 0 bridgehead atoms. The van der Waals surface area contributed by atoms with Gasteiger partial charge < -0.3 is 15.6 Å². The second-order valence-electron chi connectivity index (χ2n) is 5.65. The number of likely N-dealkylation sites (tertiary alicyclic amines) is 1. The molecule has 1 saturated heterocycles. The molecule has 4 heteroatoms. The normalized spacial score (nSPS) is 27.7. The monoisotopic (exact) mass is 262 g/mol. The van der Waals surface area contributed by atoms with Crippen LogP contribution < -0.4 is 10.5 Å². The first-order chi connectivity index (χ1) is 9.22. The maximum atomic E-state index is 9.70. The quantitative estimate of drug-likeness (QED) is 0.846. The van der Waals surface area contributed by atoms with E-state index < -0.39 is 0 Å². The van der Waals surface area contributed by atoms with Gasteiger partial charge in [-0.1, -0.05) is 12.1 Å². The molecule has 2 aliphatic rings. The number of fused-ring (bicyclic) bond motifs is 1. The molecular formula is C15H22N2O2. The van der Waals surface area contributed by atoms with Crippen LogP contribution in [0.3, 0.4) is 0 Å². The van der Waals surface area contributed by atoms with Crippen molar-refractivity contribution < 1.29 is 9.84 Å². The zero-order chi connectivity index (χ0) is 13.2. The molecule has 1 aromatic rings. The number of hydrogen-bond donors (Lipinski definition) is 2. The van der Waals surface area contributed by atoms with Crippen LogP contribution in [0.5, 0.6) is 5.75 Å². The summed E-state index contributed by atoms with van der Waals surface area (Å²) in [5, 5.41) is 9.70. The van der Waals surface area contributed by atoms with Gasteiger partial charge in [-0.05, 0) is 31.0 Å². The summed E-state index contributed by atoms with van der Waals surface area (Å²) in [5.74, 6) is 0.939. The van der Waals surface area contributed by atoms with Crippen LogP contribution in [0.15, 0.2) is 18.2 Å². The lowest BCUT2D eigenvalue weighted by Gasteiger charge is -2.30. The Hall–Kier alpha value is -1.10. The van der Waals surface area contributed by atoms with Gasteiger partial charge in [0.2, 0.25) is 0 Å². The van der Waals surface area contributed by atoms with E-state index in [9.17, 15) is 5.11 Å². The summed E-state index contributed by atoms with van der Waals surface area (Å²) >= 11 is 0. The molecule has 0 aromatic heterocycles. The van der Waals surface area contributed by atoms with Crippen LogP contribution in [-0.4, -0.2) is 35.8 Å². The highest BCUT2D eigenvalue weighted by atomic mass is 16.5. The summed E-state index contributed by atoms with van der Waals surface area (Å²) in [6.07, 6.45) is 2.73. The maximum Gasteiger partial charge on any atom is 0.124 e. The van der Waals surface area contributed by atoms with Gasteiger partial charge in [-0.25, -0.2) is 0 Å². The molecule has 0 radical (unpaired) electrons. The van der Waals surface area contributed by atoms with Gasteiger partial charge in [0.1, 0.15) is 5.75 Å². The van der Waals surface area contributed by atoms with Crippen LogP contribution in [0, 0.1) is 0 Å². The van der Waals surface area contributed by atoms with Gasteiger partial charge in [0, 0.05) is 31.1 Å². The fraction of sp³-hybridized carbons (Fsp3) is 0.600. The van der Waals surface area contributed by atoms with Crippen LogP contribution in [0.25, 0.3) is 0 Å². The molecular weight excluding hydrogens is 240 g/mol. The highest BCUT2D eigenvalue weighted by Gasteiger charge is 2.20. The second-order valence-corrected chi connectivity index (χ2v) is 5.65. The molecule has 3 N–H and O–H groups in total. The van der Waals surface area contributed by atoms with Crippen LogP contribution in [0.2, 0.25) is 0 Å². The second kappa shape index (κ2) is 5.49. The Morgan fingerprint density at radius 1 is 1.37 bits per heavy atom. The number of hydrogen-bond acceptors (Lipinski definition) is 4. The van der Waals surface area contributed by atoms with Crippen molar-refractivity contribution >= 4 is 0 Å². The van der Waals surface area contributed by atoms with Gasteiger partial charge in [-0.2, -0.15) is 0 Å². The van der Waals surface area contributed by atoms with Crippen LogP contribution >= 0.6 is 0 Å². The average molecular weight is 262 g/mol. The van der Waals surface area contributed by atoms with E-state index in [4.69, 9.17) is 10.5 Å². The third-order valence-electron chi connectivity index (χ3n) is 4.05. The molecule has 0 aliphatic carbocycles. The Bertz CT molecular complexity index is 450. The van der Waals surface area contributed by atoms with Gasteiger partial charge in [-0.15, -0.1) is 0 Å². The SMILES string of the molecule is NC1CCOc2cc(CN3CCCC(O)C3)ccc21. The van der Waals surface area contributed by atoms with Crippen LogP contribution in [-0.2, 0) is 6.54 Å². The van der Waals surface area contributed by atoms with Gasteiger partial charge in [-0.3, -0.25) is 4.90 Å². The molecule has 2 heterocycles. The Labute approximate surface area is 114 Å². The lowest BCUT2D eigenvalue weighted by atomic mass is 9.99. The lowest BCUT2D eigenvalue weighted by molar-refractivity contribution is 0.0668. The van der Waals surface area contributed by atoms with Crippen LogP contribution in [0.1, 0.15) is 36.4 Å². The molecule has 0 amide bonds. The van der Waals surface area contributed by atoms with Crippen molar-refractivity contribution in [3.63, 3.8) is 0 Å². The van der Waals surface area contributed by atoms with Crippen molar-refractivity contribution in [1.82, 2.24) is 4.90 Å². The number of nitrogens with two attached hydrogens (primary N) is 1. The fourth-order valence-corrected chi connectivity index (χ4v) is 2.99. The average Bonchev–Trinajstić information content (AvgIpc) is 2.39. The number of aliphatic hydroxyl groups is 1. The van der Waals surface area contributed by atoms with Gasteiger partial charge >= 0.3 is 0 Å². The van der Waals surface area contributed by atoms with Crippen molar-refractivity contribution in [2.75, 3.05) is 19.7 Å². The van der Waals surface area contributed by atoms with Gasteiger partial charge in [0.25, 0.3) is 0 Å². The first kappa shape index (κ1) is 12.9. The van der Waals surface area contributed by atoms with Crippen molar-refractivity contribution in [3.05, 3.63) is 29.3 Å². The highest BCUT2D eigenvalue weighted by molar-refractivity contribution is 5.40. The van der Waals surface area contributed by atoms with Crippen molar-refractivity contribution in [2.24, 2.45) is 5.73 Å². The molecule has 19 heavy (non-hydrogen) atoms. The Morgan fingerprint density at radius 3 is 3.11 bits per heavy atom. The predicted octanol–water partition coefficient (Wildman–Crippen LogP) is 1.43. The zero-order valence-corrected chi connectivity index (χ0v) is 11.2. The Morgan fingerprint density at radius 2 is 2.26 bits per heavy atom. The van der Waals surface area contributed by atoms with E-state index in [0.717, 1.165) is 50.2 Å². The topological polar surface area (TPSA) is 58.7 Å². The predicted molar refractivity (Wildman–Crippen MR) is 74.0 cm³/mol. The van der Waals surface area contributed by atoms with Crippen molar-refractivity contribution in [1.29, 1.82) is 0 Å². The van der Waals surface area contributed by atoms with Crippen LogP contribution in [0.4, 0.5) is 0 Å². The summed E-state index contributed by atoms with van der Waals surface area (Å²) < 4.78 is 5.70. The van der Waals surface area contributed by atoms with E-state index in [0.29, 0.717) is 6.61 Å². The van der Waals surface area contributed by atoms with E-state index in [1.54, 1.807) is 0 Å². The number of rotatable bonds is 2. The third-order valence-corrected chi connectivity index (χ3v) is 4.05. The smallest absolute Gasteiger partial charge is 0.124 e. The molecule has 1 fully saturated rings. The molecule has 2 aliphatic heterocycles. The highest BCUT2D eigenvalue weighted by Crippen LogP contribution is 2.31. The first-order valence-corrected chi connectivity index (χ1v) is 7.14. The minimum Gasteiger partial charge on any atom is -0.493 e. The minimum absolute atomic E-state index is 0.106. The summed E-state index contributed by atoms with van der Waals surface area (Å²) in [5.41, 5.74) is 8.43. The van der Waals surface area contributed by atoms with Crippen molar-refractivity contribution in [3.8, 4) is 5.75 Å². The standard InChI is InChI=1S/C15H22N2O2/c16-14-5-7-19-15-8-11(3-4-13(14)15)9-17-6-1-2-12(18)10-17/h3-4,8,12,14,18H,1-2,5-7,9-10,16H2. The van der Waals surface area contributed by atoms with E-state index in [1.807, 2.05) is 0 Å². The third kappa shape index (κ3) is 2.91. The summed E-state index contributed by atoms with van der Waals surface area (Å²) in [7, 11) is 0. The largest absolute Gasteiger partial charge is 0.493 e. The molecule has 2 unspecified atom stereocenters.